The fraction of sp³-hybridized carbons (Fsp3) is 0.132. The van der Waals surface area contributed by atoms with Gasteiger partial charge in [-0.3, -0.25) is 0 Å². The summed E-state index contributed by atoms with van der Waals surface area (Å²) in [7, 11) is 0. The van der Waals surface area contributed by atoms with Crippen LogP contribution in [0.25, 0.3) is 71.3 Å². The standard InChI is InChI=1S/C76H58N2S2/c1-75(2)65-21-13-11-19-57(65)59-35-27-49(43-67(59)75)47-23-29-53(30-24-47)77(51-15-7-5-8-16-51)55-33-37-63-71(45-55)79-69-41-39-62-61(73(63)69)40-42-70-74(62)64-38-34-56(46-72(64)80-70)78(52-17-9-6-10-18-52)54-31-25-48(26-32-54)50-28-36-60-58-20-12-14-22-66(58)76(3,4)68(60)44-50/h5-25,27-39,41-46,48,61H,26,40H2,1-4H3. The molecule has 5 aliphatic carbocycles. The number of benzene rings is 9. The molecule has 2 aromatic heterocycles. The summed E-state index contributed by atoms with van der Waals surface area (Å²) >= 11 is 3.88. The van der Waals surface area contributed by atoms with Crippen molar-refractivity contribution in [1.29, 1.82) is 0 Å². The van der Waals surface area contributed by atoms with Crippen molar-refractivity contribution in [1.82, 2.24) is 0 Å². The topological polar surface area (TPSA) is 6.48 Å². The molecule has 2 nitrogen and oxygen atoms in total. The molecule has 4 heteroatoms. The third-order valence-electron chi connectivity index (χ3n) is 18.4. The van der Waals surface area contributed by atoms with Gasteiger partial charge in [0, 0.05) is 86.2 Å². The van der Waals surface area contributed by atoms with Gasteiger partial charge in [0.1, 0.15) is 0 Å². The number of thiophene rings is 2. The molecule has 2 heterocycles. The Labute approximate surface area is 476 Å². The Bertz CT molecular complexity index is 4600. The Kier molecular flexibility index (Phi) is 10.7. The Hall–Kier alpha value is -8.54. The first kappa shape index (κ1) is 47.5. The average molecular weight is 1060 g/mol. The van der Waals surface area contributed by atoms with E-state index in [9.17, 15) is 0 Å². The van der Waals surface area contributed by atoms with Gasteiger partial charge in [-0.25, -0.2) is 0 Å². The third-order valence-corrected chi connectivity index (χ3v) is 20.7. The molecule has 2 atom stereocenters. The second-order valence-electron chi connectivity index (χ2n) is 23.5. The predicted molar refractivity (Wildman–Crippen MR) is 342 cm³/mol. The lowest BCUT2D eigenvalue weighted by Crippen LogP contribution is -2.28. The van der Waals surface area contributed by atoms with Gasteiger partial charge < -0.3 is 9.80 Å². The fourth-order valence-electron chi connectivity index (χ4n) is 14.3. The summed E-state index contributed by atoms with van der Waals surface area (Å²) in [4.78, 5) is 6.24. The van der Waals surface area contributed by atoms with Crippen LogP contribution in [0.15, 0.2) is 236 Å². The van der Waals surface area contributed by atoms with E-state index in [2.05, 4.69) is 280 Å². The fourth-order valence-corrected chi connectivity index (χ4v) is 16.7. The largest absolute Gasteiger partial charge is 0.311 e. The maximum Gasteiger partial charge on any atom is 0.0476 e. The Morgan fingerprint density at radius 3 is 1.68 bits per heavy atom. The second kappa shape index (κ2) is 18.0. The molecule has 2 unspecified atom stereocenters. The van der Waals surface area contributed by atoms with Crippen molar-refractivity contribution in [2.45, 2.75) is 63.2 Å². The van der Waals surface area contributed by atoms with Crippen LogP contribution in [0.1, 0.15) is 90.6 Å². The molecule has 0 saturated carbocycles. The maximum absolute atomic E-state index is 2.53. The van der Waals surface area contributed by atoms with Crippen molar-refractivity contribution >= 4 is 89.0 Å². The lowest BCUT2D eigenvalue weighted by molar-refractivity contribution is 0.658. The summed E-state index contributed by atoms with van der Waals surface area (Å²) in [6.07, 6.45) is 16.6. The van der Waals surface area contributed by atoms with E-state index in [1.54, 1.807) is 0 Å². The third kappa shape index (κ3) is 7.28. The number of fused-ring (bicyclic) bond motifs is 14. The molecule has 0 spiro atoms. The van der Waals surface area contributed by atoms with Crippen molar-refractivity contribution in [3.8, 4) is 33.4 Å². The summed E-state index contributed by atoms with van der Waals surface area (Å²) in [5, 5.41) is 4.12. The lowest BCUT2D eigenvalue weighted by atomic mass is 9.80. The molecule has 0 radical (unpaired) electrons. The van der Waals surface area contributed by atoms with E-state index in [1.807, 2.05) is 22.7 Å². The van der Waals surface area contributed by atoms with Gasteiger partial charge >= 0.3 is 0 Å². The monoisotopic (exact) mass is 1060 g/mol. The minimum Gasteiger partial charge on any atom is -0.311 e. The highest BCUT2D eigenvalue weighted by Gasteiger charge is 2.37. The van der Waals surface area contributed by atoms with Crippen LogP contribution in [-0.2, 0) is 10.8 Å². The van der Waals surface area contributed by atoms with Crippen molar-refractivity contribution in [2.75, 3.05) is 9.80 Å². The molecule has 384 valence electrons. The zero-order valence-corrected chi connectivity index (χ0v) is 47.0. The van der Waals surface area contributed by atoms with Crippen LogP contribution < -0.4 is 19.6 Å². The summed E-state index contributed by atoms with van der Waals surface area (Å²) in [5.41, 5.74) is 24.9. The predicted octanol–water partition coefficient (Wildman–Crippen LogP) is 19.8. The highest BCUT2D eigenvalue weighted by molar-refractivity contribution is 7.20. The molecule has 0 bridgehead atoms. The number of para-hydroxylation sites is 2. The molecule has 80 heavy (non-hydrogen) atoms. The number of hydrogen-bond acceptors (Lipinski definition) is 4. The summed E-state index contributed by atoms with van der Waals surface area (Å²) in [6, 6.07) is 77.4. The van der Waals surface area contributed by atoms with Crippen molar-refractivity contribution < 1.29 is 0 Å². The molecular weight excluding hydrogens is 1000 g/mol. The van der Waals surface area contributed by atoms with Crippen LogP contribution in [0.5, 0.6) is 0 Å². The van der Waals surface area contributed by atoms with E-state index in [0.717, 1.165) is 29.9 Å². The molecular formula is C76H58N2S2. The highest BCUT2D eigenvalue weighted by Crippen LogP contribution is 2.53. The van der Waals surface area contributed by atoms with Crippen molar-refractivity contribution in [2.24, 2.45) is 0 Å². The van der Waals surface area contributed by atoms with Crippen LogP contribution in [-0.4, -0.2) is 0 Å². The van der Waals surface area contributed by atoms with E-state index in [-0.39, 0.29) is 10.8 Å². The first-order valence-electron chi connectivity index (χ1n) is 28.4. The van der Waals surface area contributed by atoms with Crippen LogP contribution in [0.3, 0.4) is 0 Å². The van der Waals surface area contributed by atoms with Gasteiger partial charge in [0.25, 0.3) is 0 Å². The minimum atomic E-state index is -0.0388. The van der Waals surface area contributed by atoms with Gasteiger partial charge in [-0.1, -0.05) is 192 Å². The summed E-state index contributed by atoms with van der Waals surface area (Å²) < 4.78 is 4.04. The van der Waals surface area contributed by atoms with Gasteiger partial charge in [0.15, 0.2) is 0 Å². The van der Waals surface area contributed by atoms with E-state index < -0.39 is 0 Å². The SMILES string of the molecule is CC1(C)c2ccccc2-c2ccc(-c3ccc(N(c4ccccc4)c4ccc5c6c(sc5c4)C=CC4=c5c(sc7cc(N(C8=CCC(c9ccc%10c(c9)C(C)(C)c9ccccc9-%10)C=C8)c8ccccc8)ccc57)=CCC46)cc3)cc21. The molecule has 0 aliphatic heterocycles. The number of hydrogen-bond donors (Lipinski definition) is 0. The van der Waals surface area contributed by atoms with Crippen LogP contribution >= 0.6 is 22.7 Å². The van der Waals surface area contributed by atoms with E-state index in [4.69, 9.17) is 0 Å². The van der Waals surface area contributed by atoms with Crippen LogP contribution in [0.4, 0.5) is 28.4 Å². The Morgan fingerprint density at radius 2 is 0.988 bits per heavy atom. The lowest BCUT2D eigenvalue weighted by Gasteiger charge is -2.29. The molecule has 11 aromatic rings. The second-order valence-corrected chi connectivity index (χ2v) is 25.7. The zero-order chi connectivity index (χ0) is 53.4. The molecule has 16 rings (SSSR count). The molecule has 0 saturated heterocycles. The Balaban J connectivity index is 0.703. The maximum atomic E-state index is 2.53. The summed E-state index contributed by atoms with van der Waals surface area (Å²) in [6.45, 7) is 9.47. The first-order valence-corrected chi connectivity index (χ1v) is 30.0. The smallest absolute Gasteiger partial charge is 0.0476 e. The van der Waals surface area contributed by atoms with Gasteiger partial charge in [0.2, 0.25) is 0 Å². The van der Waals surface area contributed by atoms with E-state index >= 15 is 0 Å². The first-order chi connectivity index (χ1) is 39.2. The Morgan fingerprint density at radius 1 is 0.425 bits per heavy atom. The van der Waals surface area contributed by atoms with Gasteiger partial charge in [-0.15, -0.1) is 22.7 Å². The van der Waals surface area contributed by atoms with Crippen LogP contribution in [0, 0.1) is 0 Å². The number of nitrogens with zero attached hydrogens (tertiary/aromatic N) is 2. The van der Waals surface area contributed by atoms with Gasteiger partial charge in [-0.2, -0.15) is 0 Å². The van der Waals surface area contributed by atoms with Gasteiger partial charge in [-0.05, 0) is 169 Å². The quantitative estimate of drug-likeness (QED) is 0.150. The molecule has 0 fully saturated rings. The molecule has 0 amide bonds. The molecule has 5 aliphatic rings. The molecule has 9 aromatic carbocycles. The normalized spacial score (nSPS) is 17.4. The summed E-state index contributed by atoms with van der Waals surface area (Å²) in [5.74, 6) is 0.622. The van der Waals surface area contributed by atoms with Crippen molar-refractivity contribution in [3.05, 3.63) is 284 Å². The highest BCUT2D eigenvalue weighted by atomic mass is 32.1. The van der Waals surface area contributed by atoms with E-state index in [1.165, 1.54) is 124 Å². The van der Waals surface area contributed by atoms with E-state index in [0.29, 0.717) is 11.8 Å². The number of rotatable bonds is 8. The van der Waals surface area contributed by atoms with Gasteiger partial charge in [0.05, 0.1) is 0 Å². The van der Waals surface area contributed by atoms with Crippen LogP contribution in [0.2, 0.25) is 0 Å². The van der Waals surface area contributed by atoms with Crippen molar-refractivity contribution in [3.63, 3.8) is 0 Å². The number of allylic oxidation sites excluding steroid dienone is 4. The average Bonchev–Trinajstić information content (AvgIpc) is 4.33. The minimum absolute atomic E-state index is 0.0130. The molecule has 0 N–H and O–H groups in total. The number of anilines is 5. The zero-order valence-electron chi connectivity index (χ0n) is 45.4.